The number of benzene rings is 1. The second-order valence-electron chi connectivity index (χ2n) is 3.50. The van der Waals surface area contributed by atoms with Crippen LogP contribution in [0.2, 0.25) is 5.02 Å². The third kappa shape index (κ3) is 2.44. The number of halogens is 4. The normalized spacial score (nSPS) is 12.7. The Labute approximate surface area is 120 Å². The van der Waals surface area contributed by atoms with Crippen LogP contribution in [0.25, 0.3) is 0 Å². The van der Waals surface area contributed by atoms with E-state index in [1.165, 1.54) is 17.4 Å². The van der Waals surface area contributed by atoms with Crippen molar-refractivity contribution in [2.24, 2.45) is 5.84 Å². The van der Waals surface area contributed by atoms with Gasteiger partial charge >= 0.3 is 0 Å². The minimum Gasteiger partial charge on any atom is -0.271 e. The Balaban J connectivity index is 2.53. The summed E-state index contributed by atoms with van der Waals surface area (Å²) in [5.74, 6) is 3.62. The van der Waals surface area contributed by atoms with Gasteiger partial charge in [-0.1, -0.05) is 17.7 Å². The lowest BCUT2D eigenvalue weighted by Crippen LogP contribution is -2.29. The van der Waals surface area contributed by atoms with Crippen molar-refractivity contribution in [1.29, 1.82) is 0 Å². The van der Waals surface area contributed by atoms with Gasteiger partial charge in [0.25, 0.3) is 0 Å². The SMILES string of the molecule is NNC(c1ccc(F)c(F)c1Br)c1sccc1Cl. The molecule has 96 valence electrons. The molecule has 3 N–H and O–H groups in total. The van der Waals surface area contributed by atoms with Crippen LogP contribution in [0.5, 0.6) is 0 Å². The molecule has 0 bridgehead atoms. The summed E-state index contributed by atoms with van der Waals surface area (Å²) in [6.07, 6.45) is 0. The Morgan fingerprint density at radius 3 is 2.61 bits per heavy atom. The molecular formula is C11H8BrClF2N2S. The van der Waals surface area contributed by atoms with Crippen molar-refractivity contribution < 1.29 is 8.78 Å². The number of hydrazine groups is 1. The molecule has 0 aliphatic heterocycles. The van der Waals surface area contributed by atoms with Crippen molar-refractivity contribution in [3.8, 4) is 0 Å². The first-order valence-electron chi connectivity index (χ1n) is 4.88. The molecule has 0 radical (unpaired) electrons. The number of rotatable bonds is 3. The fourth-order valence-corrected chi connectivity index (χ4v) is 3.38. The van der Waals surface area contributed by atoms with Gasteiger partial charge in [0.2, 0.25) is 0 Å². The van der Waals surface area contributed by atoms with Crippen LogP contribution in [0.3, 0.4) is 0 Å². The number of nitrogens with two attached hydrogens (primary N) is 1. The molecule has 1 atom stereocenters. The van der Waals surface area contributed by atoms with Gasteiger partial charge in [-0.25, -0.2) is 14.2 Å². The van der Waals surface area contributed by atoms with Gasteiger partial charge in [-0.15, -0.1) is 11.3 Å². The van der Waals surface area contributed by atoms with Crippen LogP contribution in [0.4, 0.5) is 8.78 Å². The molecule has 0 amide bonds. The molecular weight excluding hydrogens is 346 g/mol. The van der Waals surface area contributed by atoms with Gasteiger partial charge in [0.1, 0.15) is 0 Å². The standard InChI is InChI=1S/C11H8BrClF2N2S/c12-8-5(1-2-7(14)9(8)15)10(17-16)11-6(13)3-4-18-11/h1-4,10,17H,16H2. The highest BCUT2D eigenvalue weighted by Gasteiger charge is 2.22. The van der Waals surface area contributed by atoms with Crippen molar-refractivity contribution >= 4 is 38.9 Å². The lowest BCUT2D eigenvalue weighted by Gasteiger charge is -2.17. The van der Waals surface area contributed by atoms with Gasteiger partial charge in [-0.3, -0.25) is 5.84 Å². The van der Waals surface area contributed by atoms with Gasteiger partial charge in [-0.05, 0) is 39.0 Å². The van der Waals surface area contributed by atoms with Crippen molar-refractivity contribution in [1.82, 2.24) is 5.43 Å². The quantitative estimate of drug-likeness (QED) is 0.497. The minimum absolute atomic E-state index is 0.0370. The highest BCUT2D eigenvalue weighted by Crippen LogP contribution is 2.36. The molecule has 7 heteroatoms. The highest BCUT2D eigenvalue weighted by atomic mass is 79.9. The Bertz CT molecular complexity index is 576. The first kappa shape index (κ1) is 13.9. The Morgan fingerprint density at radius 2 is 2.06 bits per heavy atom. The average molecular weight is 354 g/mol. The van der Waals surface area contributed by atoms with E-state index in [0.29, 0.717) is 10.6 Å². The molecule has 0 fully saturated rings. The van der Waals surface area contributed by atoms with Crippen LogP contribution in [0.1, 0.15) is 16.5 Å². The lowest BCUT2D eigenvalue weighted by molar-refractivity contribution is 0.499. The molecule has 2 aromatic rings. The molecule has 18 heavy (non-hydrogen) atoms. The van der Waals surface area contributed by atoms with Gasteiger partial charge in [-0.2, -0.15) is 0 Å². The summed E-state index contributed by atoms with van der Waals surface area (Å²) in [7, 11) is 0. The zero-order chi connectivity index (χ0) is 13.3. The maximum absolute atomic E-state index is 13.5. The number of hydrogen-bond acceptors (Lipinski definition) is 3. The molecule has 1 unspecified atom stereocenters. The first-order valence-corrected chi connectivity index (χ1v) is 6.93. The summed E-state index contributed by atoms with van der Waals surface area (Å²) < 4.78 is 26.6. The predicted octanol–water partition coefficient (Wildman–Crippen LogP) is 3.99. The summed E-state index contributed by atoms with van der Waals surface area (Å²) in [4.78, 5) is 0.742. The second-order valence-corrected chi connectivity index (χ2v) is 5.64. The monoisotopic (exact) mass is 352 g/mol. The summed E-state index contributed by atoms with van der Waals surface area (Å²) in [5, 5.41) is 2.33. The van der Waals surface area contributed by atoms with E-state index in [-0.39, 0.29) is 4.47 Å². The van der Waals surface area contributed by atoms with E-state index in [9.17, 15) is 8.78 Å². The van der Waals surface area contributed by atoms with Crippen LogP contribution in [0, 0.1) is 11.6 Å². The Hall–Kier alpha value is -0.530. The third-order valence-corrected chi connectivity index (χ3v) is 4.68. The summed E-state index contributed by atoms with van der Waals surface area (Å²) in [6.45, 7) is 0. The van der Waals surface area contributed by atoms with Crippen molar-refractivity contribution in [3.63, 3.8) is 0 Å². The Morgan fingerprint density at radius 1 is 1.33 bits per heavy atom. The molecule has 2 nitrogen and oxygen atoms in total. The maximum atomic E-state index is 13.5. The maximum Gasteiger partial charge on any atom is 0.173 e. The van der Waals surface area contributed by atoms with Gasteiger partial charge in [0.05, 0.1) is 15.5 Å². The molecule has 0 saturated carbocycles. The number of thiophene rings is 1. The fraction of sp³-hybridized carbons (Fsp3) is 0.0909. The topological polar surface area (TPSA) is 38.0 Å². The van der Waals surface area contributed by atoms with Gasteiger partial charge in [0, 0.05) is 4.88 Å². The van der Waals surface area contributed by atoms with Crippen molar-refractivity contribution in [3.05, 3.63) is 55.1 Å². The molecule has 0 aliphatic carbocycles. The molecule has 0 saturated heterocycles. The number of nitrogens with one attached hydrogen (secondary N) is 1. The van der Waals surface area contributed by atoms with Crippen molar-refractivity contribution in [2.75, 3.05) is 0 Å². The Kier molecular flexibility index (Phi) is 4.34. The van der Waals surface area contributed by atoms with Crippen LogP contribution >= 0.6 is 38.9 Å². The molecule has 2 rings (SSSR count). The highest BCUT2D eigenvalue weighted by molar-refractivity contribution is 9.10. The largest absolute Gasteiger partial charge is 0.271 e. The average Bonchev–Trinajstić information content (AvgIpc) is 2.77. The van der Waals surface area contributed by atoms with Crippen LogP contribution in [-0.2, 0) is 0 Å². The van der Waals surface area contributed by atoms with E-state index < -0.39 is 17.7 Å². The lowest BCUT2D eigenvalue weighted by atomic mass is 10.1. The van der Waals surface area contributed by atoms with Crippen molar-refractivity contribution in [2.45, 2.75) is 6.04 Å². The first-order chi connectivity index (χ1) is 8.56. The molecule has 1 aromatic carbocycles. The van der Waals surface area contributed by atoms with Crippen LogP contribution in [0.15, 0.2) is 28.1 Å². The summed E-state index contributed by atoms with van der Waals surface area (Å²) in [5.41, 5.74) is 3.04. The van der Waals surface area contributed by atoms with E-state index >= 15 is 0 Å². The molecule has 0 spiro atoms. The van der Waals surface area contributed by atoms with Gasteiger partial charge < -0.3 is 0 Å². The van der Waals surface area contributed by atoms with E-state index in [0.717, 1.165) is 10.9 Å². The van der Waals surface area contributed by atoms with Crippen LogP contribution in [-0.4, -0.2) is 0 Å². The molecule has 1 aromatic heterocycles. The van der Waals surface area contributed by atoms with E-state index in [1.807, 2.05) is 0 Å². The second kappa shape index (κ2) is 5.63. The molecule has 0 aliphatic rings. The smallest absolute Gasteiger partial charge is 0.173 e. The van der Waals surface area contributed by atoms with Gasteiger partial charge in [0.15, 0.2) is 11.6 Å². The van der Waals surface area contributed by atoms with E-state index in [1.54, 1.807) is 11.4 Å². The molecule has 1 heterocycles. The number of hydrogen-bond donors (Lipinski definition) is 2. The van der Waals surface area contributed by atoms with E-state index in [4.69, 9.17) is 17.4 Å². The predicted molar refractivity (Wildman–Crippen MR) is 72.6 cm³/mol. The fourth-order valence-electron chi connectivity index (χ4n) is 1.58. The van der Waals surface area contributed by atoms with Crippen LogP contribution < -0.4 is 11.3 Å². The zero-order valence-electron chi connectivity index (χ0n) is 8.88. The zero-order valence-corrected chi connectivity index (χ0v) is 12.0. The minimum atomic E-state index is -0.944. The third-order valence-electron chi connectivity index (χ3n) is 2.45. The summed E-state index contributed by atoms with van der Waals surface area (Å²) in [6, 6.07) is 3.74. The summed E-state index contributed by atoms with van der Waals surface area (Å²) >= 11 is 10.4. The van der Waals surface area contributed by atoms with E-state index in [2.05, 4.69) is 21.4 Å².